The van der Waals surface area contributed by atoms with Crippen molar-refractivity contribution in [3.8, 4) is 0 Å². The molecule has 0 radical (unpaired) electrons. The van der Waals surface area contributed by atoms with E-state index >= 15 is 0 Å². The maximum absolute atomic E-state index is 12.9. The number of unbranched alkanes of at least 4 members (excludes halogenated alkanes) is 18. The van der Waals surface area contributed by atoms with Crippen molar-refractivity contribution < 1.29 is 52.2 Å². The smallest absolute Gasteiger partial charge is 0.462 e. The molecule has 0 aromatic rings. The van der Waals surface area contributed by atoms with E-state index < -0.39 is 57.8 Å². The lowest BCUT2D eigenvalue weighted by Gasteiger charge is -2.21. The highest BCUT2D eigenvalue weighted by molar-refractivity contribution is 7.47. The van der Waals surface area contributed by atoms with Crippen LogP contribution in [0.2, 0.25) is 0 Å². The number of aliphatic hydroxyl groups is 1. The molecule has 0 fully saturated rings. The van der Waals surface area contributed by atoms with Gasteiger partial charge in [0.25, 0.3) is 0 Å². The van der Waals surface area contributed by atoms with Gasteiger partial charge in [-0.2, -0.15) is 0 Å². The topological polar surface area (TPSA) is 155 Å². The minimum Gasteiger partial charge on any atom is -0.462 e. The summed E-state index contributed by atoms with van der Waals surface area (Å²) in [7, 11) is -4.79. The molecule has 0 amide bonds. The Morgan fingerprint density at radius 1 is 0.405 bits per heavy atom. The van der Waals surface area contributed by atoms with Gasteiger partial charge in [0.15, 0.2) is 6.10 Å². The van der Waals surface area contributed by atoms with Crippen molar-refractivity contribution in [1.82, 2.24) is 0 Å². The van der Waals surface area contributed by atoms with Crippen LogP contribution in [0.5, 0.6) is 0 Å². The molecule has 0 rings (SSSR count). The highest BCUT2D eigenvalue weighted by Crippen LogP contribution is 2.43. The molecule has 0 spiro atoms. The van der Waals surface area contributed by atoms with Crippen LogP contribution in [0.1, 0.15) is 226 Å². The maximum Gasteiger partial charge on any atom is 0.472 e. The van der Waals surface area contributed by atoms with Gasteiger partial charge in [0.05, 0.1) is 26.2 Å². The number of esters is 3. The van der Waals surface area contributed by atoms with Gasteiger partial charge in [-0.1, -0.05) is 233 Å². The first kappa shape index (κ1) is 70.1. The molecule has 3 unspecified atom stereocenters. The molecule has 0 aliphatic carbocycles. The number of carbonyl (C=O) groups is 3. The third-order valence-electron chi connectivity index (χ3n) is 11.7. The van der Waals surface area contributed by atoms with E-state index in [9.17, 15) is 28.9 Å². The minimum absolute atomic E-state index is 0.0617. The Balaban J connectivity index is 4.85. The van der Waals surface area contributed by atoms with E-state index in [1.165, 1.54) is 83.5 Å². The number of ether oxygens (including phenoxy) is 3. The number of allylic oxidation sites excluding steroid dienone is 17. The summed E-state index contributed by atoms with van der Waals surface area (Å²) in [5.74, 6) is -1.65. The summed E-state index contributed by atoms with van der Waals surface area (Å²) in [6.45, 7) is 4.26. The van der Waals surface area contributed by atoms with Crippen LogP contribution in [0.3, 0.4) is 0 Å². The first-order chi connectivity index (χ1) is 36.2. The second kappa shape index (κ2) is 55.4. The van der Waals surface area contributed by atoms with Crippen molar-refractivity contribution in [3.05, 3.63) is 109 Å². The molecule has 74 heavy (non-hydrogen) atoms. The molecule has 0 aliphatic heterocycles. The Morgan fingerprint density at radius 3 is 1.19 bits per heavy atom. The van der Waals surface area contributed by atoms with Crippen molar-refractivity contribution >= 4 is 25.7 Å². The van der Waals surface area contributed by atoms with Gasteiger partial charge in [-0.15, -0.1) is 0 Å². The zero-order chi connectivity index (χ0) is 54.1. The van der Waals surface area contributed by atoms with Gasteiger partial charge in [-0.25, -0.2) is 4.57 Å². The van der Waals surface area contributed by atoms with Crippen LogP contribution in [0.4, 0.5) is 0 Å². The molecule has 0 saturated carbocycles. The van der Waals surface area contributed by atoms with Gasteiger partial charge in [0.2, 0.25) is 0 Å². The summed E-state index contributed by atoms with van der Waals surface area (Å²) in [5.41, 5.74) is 0. The number of hydrogen-bond donors (Lipinski definition) is 2. The standard InChI is InChI=1S/C62H103O11P/c1-4-7-10-13-16-19-22-25-28-29-32-35-38-41-44-47-50-53-62(66)73-59(55-69-60(64)51-48-45-42-39-36-33-30-26-23-20-17-14-11-8-5-2)57-71-74(67,68)70-56-58(54-63)72-61(65)52-49-46-43-40-37-34-31-27-24-21-18-15-12-9-6-3/h8-9,11-12,17-18,20-21,26-27,30-31,36-37,39-40,46,49,58-59,63H,4-7,10,13-16,19,22-25,28-29,32-35,38,41-45,47-48,50-57H2,1-3H3,(H,67,68)/b11-8-,12-9-,20-17-,21-18-,30-26-,31-27-,39-36-,40-37-,49-46-. The molecule has 0 aliphatic rings. The summed E-state index contributed by atoms with van der Waals surface area (Å²) >= 11 is 0. The molecule has 0 aromatic heterocycles. The number of hydrogen-bond acceptors (Lipinski definition) is 10. The first-order valence-corrected chi connectivity index (χ1v) is 30.3. The number of carbonyl (C=O) groups excluding carboxylic acids is 3. The van der Waals surface area contributed by atoms with E-state index in [0.29, 0.717) is 19.3 Å². The molecule has 11 nitrogen and oxygen atoms in total. The molecule has 3 atom stereocenters. The zero-order valence-corrected chi connectivity index (χ0v) is 47.4. The van der Waals surface area contributed by atoms with Crippen LogP contribution in [0.15, 0.2) is 109 Å². The Hall–Kier alpha value is -3.86. The third-order valence-corrected chi connectivity index (χ3v) is 12.7. The van der Waals surface area contributed by atoms with E-state index in [-0.39, 0.29) is 25.9 Å². The predicted octanol–water partition coefficient (Wildman–Crippen LogP) is 17.0. The highest BCUT2D eigenvalue weighted by atomic mass is 31.2. The van der Waals surface area contributed by atoms with Crippen LogP contribution in [-0.2, 0) is 42.2 Å². The van der Waals surface area contributed by atoms with Gasteiger partial charge in [0, 0.05) is 12.8 Å². The van der Waals surface area contributed by atoms with Crippen LogP contribution >= 0.6 is 7.82 Å². The molecule has 12 heteroatoms. The van der Waals surface area contributed by atoms with Gasteiger partial charge >= 0.3 is 25.7 Å². The predicted molar refractivity (Wildman–Crippen MR) is 307 cm³/mol. The van der Waals surface area contributed by atoms with E-state index in [0.717, 1.165) is 83.5 Å². The van der Waals surface area contributed by atoms with Gasteiger partial charge in [-0.3, -0.25) is 23.4 Å². The fraction of sp³-hybridized carbons (Fsp3) is 0.661. The lowest BCUT2D eigenvalue weighted by Crippen LogP contribution is -2.30. The number of phosphoric ester groups is 1. The quantitative estimate of drug-likeness (QED) is 0.0197. The van der Waals surface area contributed by atoms with Crippen molar-refractivity contribution in [2.75, 3.05) is 26.4 Å². The zero-order valence-electron chi connectivity index (χ0n) is 46.5. The fourth-order valence-corrected chi connectivity index (χ4v) is 8.21. The van der Waals surface area contributed by atoms with E-state index in [1.807, 2.05) is 18.2 Å². The monoisotopic (exact) mass is 1050 g/mol. The van der Waals surface area contributed by atoms with Crippen molar-refractivity contribution in [2.45, 2.75) is 238 Å². The minimum atomic E-state index is -4.79. The van der Waals surface area contributed by atoms with E-state index in [4.69, 9.17) is 23.3 Å². The van der Waals surface area contributed by atoms with E-state index in [2.05, 4.69) is 106 Å². The number of aliphatic hydroxyl groups excluding tert-OH is 1. The van der Waals surface area contributed by atoms with Crippen molar-refractivity contribution in [3.63, 3.8) is 0 Å². The molecule has 0 saturated heterocycles. The first-order valence-electron chi connectivity index (χ1n) is 28.8. The molecule has 0 bridgehead atoms. The SMILES string of the molecule is CC/C=C\C/C=C\C/C=C\C/C=C\C/C=C\CC(=O)OC(CO)COP(=O)(O)OCC(COC(=O)CCCC/C=C\C/C=C\C/C=C\C/C=C\CC)OC(=O)CCCCCCCCCCCCCCCCCCC. The molecular weight excluding hydrogens is 952 g/mol. The normalized spacial score (nSPS) is 14.2. The summed E-state index contributed by atoms with van der Waals surface area (Å²) in [4.78, 5) is 48.5. The van der Waals surface area contributed by atoms with Gasteiger partial charge < -0.3 is 24.2 Å². The van der Waals surface area contributed by atoms with E-state index in [1.54, 1.807) is 6.08 Å². The summed E-state index contributed by atoms with van der Waals surface area (Å²) in [5, 5.41) is 9.79. The number of rotatable bonds is 52. The fourth-order valence-electron chi connectivity index (χ4n) is 7.42. The second-order valence-electron chi connectivity index (χ2n) is 18.7. The molecule has 2 N–H and O–H groups in total. The van der Waals surface area contributed by atoms with Crippen LogP contribution in [0, 0.1) is 0 Å². The molecule has 0 heterocycles. The molecule has 422 valence electrons. The molecular formula is C62H103O11P. The highest BCUT2D eigenvalue weighted by Gasteiger charge is 2.28. The molecule has 0 aromatic carbocycles. The summed E-state index contributed by atoms with van der Waals surface area (Å²) in [6, 6.07) is 0. The lowest BCUT2D eigenvalue weighted by molar-refractivity contribution is -0.161. The third kappa shape index (κ3) is 53.0. The Bertz CT molecular complexity index is 1660. The average molecular weight is 1060 g/mol. The van der Waals surface area contributed by atoms with Gasteiger partial charge in [0.1, 0.15) is 12.7 Å². The Labute approximate surface area is 450 Å². The largest absolute Gasteiger partial charge is 0.472 e. The van der Waals surface area contributed by atoms with Crippen molar-refractivity contribution in [2.24, 2.45) is 0 Å². The Kier molecular flexibility index (Phi) is 52.5. The van der Waals surface area contributed by atoms with Crippen LogP contribution in [0.25, 0.3) is 0 Å². The number of phosphoric acid groups is 1. The maximum atomic E-state index is 12.9. The summed E-state index contributed by atoms with van der Waals surface area (Å²) in [6.07, 6.45) is 66.5. The van der Waals surface area contributed by atoms with Crippen LogP contribution in [-0.4, -0.2) is 66.5 Å². The van der Waals surface area contributed by atoms with Crippen LogP contribution < -0.4 is 0 Å². The van der Waals surface area contributed by atoms with Gasteiger partial charge in [-0.05, 0) is 83.5 Å². The van der Waals surface area contributed by atoms with Crippen molar-refractivity contribution in [1.29, 1.82) is 0 Å². The lowest BCUT2D eigenvalue weighted by atomic mass is 10.0. The average Bonchev–Trinajstić information content (AvgIpc) is 3.39. The summed E-state index contributed by atoms with van der Waals surface area (Å²) < 4.78 is 39.4. The Morgan fingerprint density at radius 2 is 0.757 bits per heavy atom. The second-order valence-corrected chi connectivity index (χ2v) is 20.2.